The van der Waals surface area contributed by atoms with Gasteiger partial charge in [0, 0.05) is 17.0 Å². The first-order valence-corrected chi connectivity index (χ1v) is 7.76. The molecule has 1 atom stereocenters. The minimum atomic E-state index is -1.26. The van der Waals surface area contributed by atoms with Crippen LogP contribution in [0.25, 0.3) is 0 Å². The van der Waals surface area contributed by atoms with Crippen molar-refractivity contribution in [1.29, 1.82) is 0 Å². The number of halogens is 1. The van der Waals surface area contributed by atoms with Crippen LogP contribution in [0.5, 0.6) is 0 Å². The monoisotopic (exact) mass is 291 g/mol. The summed E-state index contributed by atoms with van der Waals surface area (Å²) in [6, 6.07) is 10.5. The van der Waals surface area contributed by atoms with E-state index in [9.17, 15) is 8.60 Å². The van der Waals surface area contributed by atoms with Gasteiger partial charge in [-0.05, 0) is 42.7 Å². The highest BCUT2D eigenvalue weighted by Gasteiger charge is 2.12. The molecule has 0 saturated heterocycles. The fourth-order valence-electron chi connectivity index (χ4n) is 2.04. The molecule has 0 amide bonds. The minimum absolute atomic E-state index is 0.171. The molecule has 106 valence electrons. The largest absolute Gasteiger partial charge is 0.326 e. The lowest BCUT2D eigenvalue weighted by molar-refractivity contribution is 0.614. The molecule has 2 nitrogen and oxygen atoms in total. The highest BCUT2D eigenvalue weighted by atomic mass is 32.2. The van der Waals surface area contributed by atoms with Gasteiger partial charge >= 0.3 is 0 Å². The van der Waals surface area contributed by atoms with Crippen molar-refractivity contribution >= 4 is 10.8 Å². The number of aryl methyl sites for hydroxylation is 2. The molecular weight excluding hydrogens is 273 g/mol. The molecule has 0 aromatic heterocycles. The van der Waals surface area contributed by atoms with Crippen LogP contribution in [-0.4, -0.2) is 4.21 Å². The third-order valence-corrected chi connectivity index (χ3v) is 4.72. The Balaban J connectivity index is 2.30. The molecule has 0 radical (unpaired) electrons. The van der Waals surface area contributed by atoms with Crippen LogP contribution in [-0.2, 0) is 23.1 Å². The average molecular weight is 291 g/mol. The second kappa shape index (κ2) is 6.29. The van der Waals surface area contributed by atoms with E-state index in [0.29, 0.717) is 12.1 Å². The maximum atomic E-state index is 13.8. The zero-order chi connectivity index (χ0) is 14.7. The van der Waals surface area contributed by atoms with E-state index < -0.39 is 10.8 Å². The molecule has 0 saturated carbocycles. The third kappa shape index (κ3) is 3.32. The number of rotatable bonds is 4. The Labute approximate surface area is 121 Å². The SMILES string of the molecule is Cc1ccc(C)c(S(=O)Cc2cc(CN)ccc2F)c1. The van der Waals surface area contributed by atoms with Gasteiger partial charge in [-0.3, -0.25) is 4.21 Å². The fraction of sp³-hybridized carbons (Fsp3) is 0.250. The first-order valence-electron chi connectivity index (χ1n) is 6.44. The second-order valence-corrected chi connectivity index (χ2v) is 6.31. The molecule has 0 bridgehead atoms. The first-order chi connectivity index (χ1) is 9.51. The molecule has 0 heterocycles. The number of hydrogen-bond donors (Lipinski definition) is 1. The predicted octanol–water partition coefficient (Wildman–Crippen LogP) is 3.21. The van der Waals surface area contributed by atoms with E-state index in [1.54, 1.807) is 12.1 Å². The summed E-state index contributed by atoms with van der Waals surface area (Å²) in [6.07, 6.45) is 0. The standard InChI is InChI=1S/C16H18FNOS/c1-11-3-4-12(2)16(7-11)20(19)10-14-8-13(9-18)5-6-15(14)17/h3-8H,9-10,18H2,1-2H3. The summed E-state index contributed by atoms with van der Waals surface area (Å²) in [6.45, 7) is 4.22. The molecule has 4 heteroatoms. The lowest BCUT2D eigenvalue weighted by Gasteiger charge is -2.09. The first kappa shape index (κ1) is 14.9. The van der Waals surface area contributed by atoms with Gasteiger partial charge in [-0.2, -0.15) is 0 Å². The van der Waals surface area contributed by atoms with Gasteiger partial charge in [0.15, 0.2) is 0 Å². The van der Waals surface area contributed by atoms with Crippen LogP contribution in [0.15, 0.2) is 41.3 Å². The third-order valence-electron chi connectivity index (χ3n) is 3.22. The van der Waals surface area contributed by atoms with E-state index in [-0.39, 0.29) is 11.6 Å². The zero-order valence-corrected chi connectivity index (χ0v) is 12.5. The van der Waals surface area contributed by atoms with Gasteiger partial charge in [0.05, 0.1) is 16.6 Å². The Morgan fingerprint density at radius 2 is 1.90 bits per heavy atom. The summed E-state index contributed by atoms with van der Waals surface area (Å²) in [7, 11) is -1.26. The lowest BCUT2D eigenvalue weighted by Crippen LogP contribution is -2.04. The Morgan fingerprint density at radius 1 is 1.15 bits per heavy atom. The van der Waals surface area contributed by atoms with Crippen molar-refractivity contribution < 1.29 is 8.60 Å². The van der Waals surface area contributed by atoms with Crippen LogP contribution < -0.4 is 5.73 Å². The molecule has 0 aliphatic heterocycles. The van der Waals surface area contributed by atoms with Gasteiger partial charge in [0.2, 0.25) is 0 Å². The van der Waals surface area contributed by atoms with E-state index in [1.807, 2.05) is 32.0 Å². The molecule has 2 aromatic carbocycles. The van der Waals surface area contributed by atoms with E-state index in [4.69, 9.17) is 5.73 Å². The Kier molecular flexibility index (Phi) is 4.68. The zero-order valence-electron chi connectivity index (χ0n) is 11.7. The number of nitrogens with two attached hydrogens (primary N) is 1. The normalized spacial score (nSPS) is 12.4. The van der Waals surface area contributed by atoms with Crippen LogP contribution >= 0.6 is 0 Å². The number of hydrogen-bond acceptors (Lipinski definition) is 2. The smallest absolute Gasteiger partial charge is 0.127 e. The van der Waals surface area contributed by atoms with Crippen LogP contribution in [0.2, 0.25) is 0 Å². The molecule has 0 spiro atoms. The van der Waals surface area contributed by atoms with Crippen molar-refractivity contribution in [2.75, 3.05) is 0 Å². The van der Waals surface area contributed by atoms with Crippen molar-refractivity contribution in [2.45, 2.75) is 31.0 Å². The Morgan fingerprint density at radius 3 is 2.60 bits per heavy atom. The average Bonchev–Trinajstić information content (AvgIpc) is 2.43. The number of benzene rings is 2. The molecule has 2 rings (SSSR count). The highest BCUT2D eigenvalue weighted by molar-refractivity contribution is 7.84. The molecule has 2 N–H and O–H groups in total. The van der Waals surface area contributed by atoms with Crippen LogP contribution in [0.4, 0.5) is 4.39 Å². The van der Waals surface area contributed by atoms with Gasteiger partial charge in [-0.15, -0.1) is 0 Å². The summed E-state index contributed by atoms with van der Waals surface area (Å²) < 4.78 is 26.2. The van der Waals surface area contributed by atoms with E-state index in [1.165, 1.54) is 6.07 Å². The highest BCUT2D eigenvalue weighted by Crippen LogP contribution is 2.20. The molecule has 2 aromatic rings. The van der Waals surface area contributed by atoms with Crippen molar-refractivity contribution in [3.8, 4) is 0 Å². The quantitative estimate of drug-likeness (QED) is 0.940. The Hall–Kier alpha value is -1.52. The van der Waals surface area contributed by atoms with Gasteiger partial charge in [0.1, 0.15) is 5.82 Å². The van der Waals surface area contributed by atoms with Gasteiger partial charge in [-0.25, -0.2) is 4.39 Å². The lowest BCUT2D eigenvalue weighted by atomic mass is 10.1. The minimum Gasteiger partial charge on any atom is -0.326 e. The summed E-state index contributed by atoms with van der Waals surface area (Å²) >= 11 is 0. The molecule has 20 heavy (non-hydrogen) atoms. The van der Waals surface area contributed by atoms with Crippen LogP contribution in [0, 0.1) is 19.7 Å². The van der Waals surface area contributed by atoms with Crippen molar-refractivity contribution in [3.63, 3.8) is 0 Å². The molecule has 1 unspecified atom stereocenters. The van der Waals surface area contributed by atoms with Crippen molar-refractivity contribution in [3.05, 3.63) is 64.5 Å². The predicted molar refractivity (Wildman–Crippen MR) is 80.3 cm³/mol. The summed E-state index contributed by atoms with van der Waals surface area (Å²) in [5.74, 6) is -0.162. The fourth-order valence-corrected chi connectivity index (χ4v) is 3.44. The summed E-state index contributed by atoms with van der Waals surface area (Å²) in [5.41, 5.74) is 8.87. The van der Waals surface area contributed by atoms with E-state index in [0.717, 1.165) is 21.6 Å². The second-order valence-electron chi connectivity index (χ2n) is 4.89. The topological polar surface area (TPSA) is 43.1 Å². The summed E-state index contributed by atoms with van der Waals surface area (Å²) in [4.78, 5) is 0.766. The van der Waals surface area contributed by atoms with Gasteiger partial charge < -0.3 is 5.73 Å². The maximum absolute atomic E-state index is 13.8. The molecule has 0 fully saturated rings. The van der Waals surface area contributed by atoms with E-state index >= 15 is 0 Å². The van der Waals surface area contributed by atoms with Crippen LogP contribution in [0.3, 0.4) is 0 Å². The van der Waals surface area contributed by atoms with Crippen molar-refractivity contribution in [2.24, 2.45) is 5.73 Å². The molecule has 0 aliphatic rings. The van der Waals surface area contributed by atoms with Crippen molar-refractivity contribution in [1.82, 2.24) is 0 Å². The molecular formula is C16H18FNOS. The van der Waals surface area contributed by atoms with Crippen LogP contribution in [0.1, 0.15) is 22.3 Å². The van der Waals surface area contributed by atoms with E-state index in [2.05, 4.69) is 0 Å². The maximum Gasteiger partial charge on any atom is 0.127 e. The molecule has 0 aliphatic carbocycles. The summed E-state index contributed by atoms with van der Waals surface area (Å²) in [5, 5.41) is 0. The Bertz CT molecular complexity index is 655. The van der Waals surface area contributed by atoms with Gasteiger partial charge in [-0.1, -0.05) is 24.3 Å². The van der Waals surface area contributed by atoms with Gasteiger partial charge in [0.25, 0.3) is 0 Å².